The Balaban J connectivity index is 3.47. The summed E-state index contributed by atoms with van der Waals surface area (Å²) in [5, 5.41) is 6.15. The predicted octanol–water partition coefficient (Wildman–Crippen LogP) is 1.21. The van der Waals surface area contributed by atoms with E-state index < -0.39 is 0 Å². The minimum absolute atomic E-state index is 0.742. The Morgan fingerprint density at radius 1 is 1.00 bits per heavy atom. The molecule has 2 N–H and O–H groups in total. The van der Waals surface area contributed by atoms with Crippen molar-refractivity contribution in [1.82, 2.24) is 10.6 Å². The van der Waals surface area contributed by atoms with Gasteiger partial charge in [0.2, 0.25) is 0 Å². The lowest BCUT2D eigenvalue weighted by Gasteiger charge is -2.11. The Kier molecular flexibility index (Phi) is 6.68. The lowest BCUT2D eigenvalue weighted by atomic mass is 10.4. The van der Waals surface area contributed by atoms with Gasteiger partial charge in [0.25, 0.3) is 0 Å². The first-order chi connectivity index (χ1) is 5.35. The van der Waals surface area contributed by atoms with E-state index in [1.54, 1.807) is 18.2 Å². The third-order valence-corrected chi connectivity index (χ3v) is 1.08. The highest BCUT2D eigenvalue weighted by Crippen LogP contribution is 1.87. The monoisotopic (exact) mass is 151 g/mol. The van der Waals surface area contributed by atoms with Crippen molar-refractivity contribution in [1.29, 1.82) is 0 Å². The largest absolute Gasteiger partial charge is 0.290 e. The van der Waals surface area contributed by atoms with Crippen LogP contribution < -0.4 is 10.6 Å². The van der Waals surface area contributed by atoms with Crippen molar-refractivity contribution in [3.63, 3.8) is 0 Å². The van der Waals surface area contributed by atoms with Gasteiger partial charge in [0.1, 0.15) is 6.17 Å². The normalized spacial score (nSPS) is 9.55. The summed E-state index contributed by atoms with van der Waals surface area (Å²) in [5.41, 5.74) is 0. The lowest BCUT2D eigenvalue weighted by Crippen LogP contribution is -2.32. The second-order valence-electron chi connectivity index (χ2n) is 1.96. The average molecular weight is 151 g/mol. The highest BCUT2D eigenvalue weighted by atomic mass is 15.1. The van der Waals surface area contributed by atoms with Gasteiger partial charge in [0.15, 0.2) is 0 Å². The van der Waals surface area contributed by atoms with Gasteiger partial charge in [-0.05, 0) is 0 Å². The zero-order valence-corrected chi connectivity index (χ0v) is 6.77. The fraction of sp³-hybridized carbons (Fsp3) is 0.222. The van der Waals surface area contributed by atoms with Crippen LogP contribution in [0.3, 0.4) is 0 Å². The molecule has 0 heterocycles. The second kappa shape index (κ2) is 7.25. The minimum Gasteiger partial charge on any atom is -0.290 e. The lowest BCUT2D eigenvalue weighted by molar-refractivity contribution is 0.675. The molecular weight excluding hydrogens is 136 g/mol. The third-order valence-electron chi connectivity index (χ3n) is 1.08. The quantitative estimate of drug-likeness (QED) is 0.534. The SMILES string of the molecule is C=CCN[C](C=C)NCC=C. The van der Waals surface area contributed by atoms with E-state index >= 15 is 0 Å². The van der Waals surface area contributed by atoms with Gasteiger partial charge >= 0.3 is 0 Å². The Hall–Kier alpha value is -0.860. The maximum atomic E-state index is 3.64. The summed E-state index contributed by atoms with van der Waals surface area (Å²) in [6.45, 7) is 12.3. The fourth-order valence-electron chi connectivity index (χ4n) is 0.571. The molecule has 0 aromatic carbocycles. The zero-order valence-electron chi connectivity index (χ0n) is 6.77. The first kappa shape index (κ1) is 10.1. The molecule has 0 rings (SSSR count). The molecule has 0 unspecified atom stereocenters. The van der Waals surface area contributed by atoms with Gasteiger partial charge in [-0.25, -0.2) is 0 Å². The molecule has 0 aromatic heterocycles. The van der Waals surface area contributed by atoms with Crippen molar-refractivity contribution in [2.75, 3.05) is 13.1 Å². The number of hydrogen-bond donors (Lipinski definition) is 2. The summed E-state index contributed by atoms with van der Waals surface area (Å²) >= 11 is 0. The van der Waals surface area contributed by atoms with Crippen LogP contribution in [0.25, 0.3) is 0 Å². The van der Waals surface area contributed by atoms with Gasteiger partial charge in [-0.1, -0.05) is 24.8 Å². The standard InChI is InChI=1S/C9H15N2/c1-4-7-10-9(6-3)11-8-5-2/h4-6,10-11H,1-3,7-8H2. The summed E-state index contributed by atoms with van der Waals surface area (Å²) in [4.78, 5) is 0. The molecule has 0 saturated carbocycles. The summed E-state index contributed by atoms with van der Waals surface area (Å²) in [5.74, 6) is 0. The molecule has 1 radical (unpaired) electrons. The Morgan fingerprint density at radius 2 is 1.45 bits per heavy atom. The van der Waals surface area contributed by atoms with Crippen molar-refractivity contribution in [2.45, 2.75) is 0 Å². The van der Waals surface area contributed by atoms with Crippen molar-refractivity contribution in [3.8, 4) is 0 Å². The van der Waals surface area contributed by atoms with Crippen LogP contribution in [0.5, 0.6) is 0 Å². The van der Waals surface area contributed by atoms with Gasteiger partial charge in [-0.15, -0.1) is 13.2 Å². The van der Waals surface area contributed by atoms with Crippen LogP contribution in [0.2, 0.25) is 0 Å². The summed E-state index contributed by atoms with van der Waals surface area (Å²) in [7, 11) is 0. The van der Waals surface area contributed by atoms with E-state index in [2.05, 4.69) is 30.4 Å². The first-order valence-corrected chi connectivity index (χ1v) is 3.54. The van der Waals surface area contributed by atoms with Crippen LogP contribution >= 0.6 is 0 Å². The van der Waals surface area contributed by atoms with Crippen LogP contribution in [-0.2, 0) is 0 Å². The number of hydrogen-bond acceptors (Lipinski definition) is 2. The van der Waals surface area contributed by atoms with Gasteiger partial charge in [0, 0.05) is 13.1 Å². The molecule has 0 amide bonds. The molecule has 0 saturated heterocycles. The number of nitrogens with one attached hydrogen (secondary N) is 2. The molecule has 0 aliphatic carbocycles. The second-order valence-corrected chi connectivity index (χ2v) is 1.96. The average Bonchev–Trinajstić information content (AvgIpc) is 2.05. The first-order valence-electron chi connectivity index (χ1n) is 3.54. The molecule has 11 heavy (non-hydrogen) atoms. The van der Waals surface area contributed by atoms with Crippen LogP contribution in [0.1, 0.15) is 0 Å². The van der Waals surface area contributed by atoms with Crippen molar-refractivity contribution in [3.05, 3.63) is 44.1 Å². The Bertz CT molecular complexity index is 118. The van der Waals surface area contributed by atoms with Crippen molar-refractivity contribution in [2.24, 2.45) is 0 Å². The highest BCUT2D eigenvalue weighted by molar-refractivity contribution is 5.03. The van der Waals surface area contributed by atoms with Gasteiger partial charge < -0.3 is 0 Å². The molecule has 0 aromatic rings. The van der Waals surface area contributed by atoms with E-state index in [1.165, 1.54) is 0 Å². The van der Waals surface area contributed by atoms with Crippen LogP contribution in [0.15, 0.2) is 38.0 Å². The molecule has 2 nitrogen and oxygen atoms in total. The zero-order chi connectivity index (χ0) is 8.53. The Labute approximate surface area is 68.7 Å². The third kappa shape index (κ3) is 5.58. The van der Waals surface area contributed by atoms with Crippen LogP contribution in [0.4, 0.5) is 0 Å². The van der Waals surface area contributed by atoms with E-state index in [9.17, 15) is 0 Å². The van der Waals surface area contributed by atoms with Crippen molar-refractivity contribution < 1.29 is 0 Å². The van der Waals surface area contributed by atoms with E-state index in [0.717, 1.165) is 19.3 Å². The molecular formula is C9H15N2. The molecule has 0 fully saturated rings. The predicted molar refractivity (Wildman–Crippen MR) is 49.8 cm³/mol. The van der Waals surface area contributed by atoms with Gasteiger partial charge in [0.05, 0.1) is 0 Å². The molecule has 0 bridgehead atoms. The van der Waals surface area contributed by atoms with Gasteiger partial charge in [-0.2, -0.15) is 0 Å². The Morgan fingerprint density at radius 3 is 1.73 bits per heavy atom. The molecule has 61 valence electrons. The smallest absolute Gasteiger partial charge is 0.124 e. The number of rotatable bonds is 7. The molecule has 0 spiro atoms. The van der Waals surface area contributed by atoms with E-state index in [0.29, 0.717) is 0 Å². The molecule has 0 aliphatic heterocycles. The maximum Gasteiger partial charge on any atom is 0.124 e. The maximum absolute atomic E-state index is 3.64. The summed E-state index contributed by atoms with van der Waals surface area (Å²) in [6.07, 6.45) is 6.22. The van der Waals surface area contributed by atoms with E-state index in [4.69, 9.17) is 0 Å². The molecule has 0 atom stereocenters. The van der Waals surface area contributed by atoms with Crippen LogP contribution in [0, 0.1) is 6.17 Å². The topological polar surface area (TPSA) is 24.1 Å². The highest BCUT2D eigenvalue weighted by Gasteiger charge is 1.98. The summed E-state index contributed by atoms with van der Waals surface area (Å²) in [6, 6.07) is 0. The molecule has 2 heteroatoms. The minimum atomic E-state index is 0.742. The van der Waals surface area contributed by atoms with Gasteiger partial charge in [-0.3, -0.25) is 10.6 Å². The fourth-order valence-corrected chi connectivity index (χ4v) is 0.571. The van der Waals surface area contributed by atoms with E-state index in [1.807, 2.05) is 0 Å². The van der Waals surface area contributed by atoms with Crippen LogP contribution in [-0.4, -0.2) is 13.1 Å². The molecule has 0 aliphatic rings. The van der Waals surface area contributed by atoms with Crippen molar-refractivity contribution >= 4 is 0 Å². The summed E-state index contributed by atoms with van der Waals surface area (Å²) < 4.78 is 0. The van der Waals surface area contributed by atoms with E-state index in [-0.39, 0.29) is 0 Å².